The Hall–Kier alpha value is -2.13. The Morgan fingerprint density at radius 2 is 2.00 bits per heavy atom. The summed E-state index contributed by atoms with van der Waals surface area (Å²) in [5, 5.41) is 9.17. The van der Waals surface area contributed by atoms with Gasteiger partial charge < -0.3 is 10.6 Å². The number of nitrogens with one attached hydrogen (secondary N) is 3. The van der Waals surface area contributed by atoms with Crippen molar-refractivity contribution in [2.24, 2.45) is 0 Å². The van der Waals surface area contributed by atoms with Crippen LogP contribution in [0.1, 0.15) is 37.3 Å². The Morgan fingerprint density at radius 3 is 2.64 bits per heavy atom. The number of carbonyl (C=O) groups is 2. The third kappa shape index (κ3) is 5.45. The van der Waals surface area contributed by atoms with Gasteiger partial charge in [-0.25, -0.2) is 0 Å². The van der Waals surface area contributed by atoms with E-state index in [1.54, 1.807) is 0 Å². The molecule has 0 saturated carbocycles. The molecule has 2 aliphatic heterocycles. The molecule has 0 radical (unpaired) electrons. The van der Waals surface area contributed by atoms with Gasteiger partial charge >= 0.3 is 6.18 Å². The Morgan fingerprint density at radius 1 is 1.29 bits per heavy atom. The van der Waals surface area contributed by atoms with Gasteiger partial charge in [-0.05, 0) is 31.4 Å². The zero-order valence-corrected chi connectivity index (χ0v) is 15.7. The van der Waals surface area contributed by atoms with Crippen molar-refractivity contribution in [2.75, 3.05) is 13.1 Å². The number of rotatable bonds is 4. The summed E-state index contributed by atoms with van der Waals surface area (Å²) < 4.78 is 38.3. The Kier molecular flexibility index (Phi) is 6.24. The van der Waals surface area contributed by atoms with Gasteiger partial charge in [0, 0.05) is 31.6 Å². The molecule has 9 heteroatoms. The molecular weight excluding hydrogens is 373 g/mol. The fraction of sp³-hybridized carbons (Fsp3) is 0.579. The summed E-state index contributed by atoms with van der Waals surface area (Å²) in [5.74, 6) is -0.261. The molecule has 2 saturated heterocycles. The molecule has 2 atom stereocenters. The van der Waals surface area contributed by atoms with Crippen molar-refractivity contribution in [1.82, 2.24) is 20.9 Å². The smallest absolute Gasteiger partial charge is 0.353 e. The van der Waals surface area contributed by atoms with E-state index in [0.717, 1.165) is 25.0 Å². The van der Waals surface area contributed by atoms with Gasteiger partial charge in [0.2, 0.25) is 11.8 Å². The third-order valence-electron chi connectivity index (χ3n) is 5.11. The lowest BCUT2D eigenvalue weighted by atomic mass is 10.0. The summed E-state index contributed by atoms with van der Waals surface area (Å²) in [7, 11) is 0. The SMILES string of the molecule is CC1CC(=O)NC(N2CCC(NC(=O)Cc3cccc(C(F)(F)F)c3)CC2)N1. The zero-order chi connectivity index (χ0) is 20.3. The largest absolute Gasteiger partial charge is 0.416 e. The van der Waals surface area contributed by atoms with Crippen molar-refractivity contribution >= 4 is 11.8 Å². The summed E-state index contributed by atoms with van der Waals surface area (Å²) in [4.78, 5) is 26.1. The number of nitrogens with zero attached hydrogens (tertiary/aromatic N) is 1. The highest BCUT2D eigenvalue weighted by Gasteiger charge is 2.32. The first-order chi connectivity index (χ1) is 13.2. The molecule has 3 rings (SSSR count). The van der Waals surface area contributed by atoms with Crippen molar-refractivity contribution in [3.05, 3.63) is 35.4 Å². The van der Waals surface area contributed by atoms with E-state index in [9.17, 15) is 22.8 Å². The van der Waals surface area contributed by atoms with Gasteiger partial charge in [0.25, 0.3) is 0 Å². The first kappa shape index (κ1) is 20.6. The van der Waals surface area contributed by atoms with Gasteiger partial charge in [-0.15, -0.1) is 0 Å². The van der Waals surface area contributed by atoms with Crippen LogP contribution in [0.25, 0.3) is 0 Å². The van der Waals surface area contributed by atoms with Gasteiger partial charge in [0.1, 0.15) is 6.29 Å². The lowest BCUT2D eigenvalue weighted by Crippen LogP contribution is -2.65. The van der Waals surface area contributed by atoms with E-state index in [1.165, 1.54) is 12.1 Å². The molecule has 0 bridgehead atoms. The van der Waals surface area contributed by atoms with E-state index in [0.29, 0.717) is 25.1 Å². The fourth-order valence-electron chi connectivity index (χ4n) is 3.68. The Bertz CT molecular complexity index is 717. The maximum absolute atomic E-state index is 12.8. The molecule has 0 aliphatic carbocycles. The lowest BCUT2D eigenvalue weighted by molar-refractivity contribution is -0.137. The van der Waals surface area contributed by atoms with Crippen LogP contribution in [0.5, 0.6) is 0 Å². The Balaban J connectivity index is 1.47. The second-order valence-corrected chi connectivity index (χ2v) is 7.49. The minimum Gasteiger partial charge on any atom is -0.353 e. The van der Waals surface area contributed by atoms with E-state index in [4.69, 9.17) is 0 Å². The summed E-state index contributed by atoms with van der Waals surface area (Å²) in [5.41, 5.74) is -0.407. The predicted octanol–water partition coefficient (Wildman–Crippen LogP) is 1.61. The van der Waals surface area contributed by atoms with Crippen LogP contribution in [-0.2, 0) is 22.2 Å². The number of carbonyl (C=O) groups excluding carboxylic acids is 2. The molecule has 2 unspecified atom stereocenters. The molecule has 2 aliphatic rings. The highest BCUT2D eigenvalue weighted by molar-refractivity contribution is 5.79. The first-order valence-corrected chi connectivity index (χ1v) is 9.45. The summed E-state index contributed by atoms with van der Waals surface area (Å²) in [6.45, 7) is 3.38. The van der Waals surface area contributed by atoms with Crippen LogP contribution in [-0.4, -0.2) is 48.2 Å². The van der Waals surface area contributed by atoms with Crippen molar-refractivity contribution in [3.63, 3.8) is 0 Å². The molecule has 1 aromatic rings. The van der Waals surface area contributed by atoms with Gasteiger partial charge in [0.05, 0.1) is 12.0 Å². The van der Waals surface area contributed by atoms with Crippen LogP contribution in [0.15, 0.2) is 24.3 Å². The first-order valence-electron chi connectivity index (χ1n) is 9.45. The average Bonchev–Trinajstić information content (AvgIpc) is 2.61. The molecule has 3 N–H and O–H groups in total. The summed E-state index contributed by atoms with van der Waals surface area (Å²) >= 11 is 0. The zero-order valence-electron chi connectivity index (χ0n) is 15.7. The maximum Gasteiger partial charge on any atom is 0.416 e. The number of alkyl halides is 3. The molecule has 2 amide bonds. The number of hydrogen-bond acceptors (Lipinski definition) is 4. The molecular formula is C19H25F3N4O2. The number of hydrogen-bond donors (Lipinski definition) is 3. The van der Waals surface area contributed by atoms with E-state index < -0.39 is 11.7 Å². The number of amides is 2. The van der Waals surface area contributed by atoms with Crippen molar-refractivity contribution in [3.8, 4) is 0 Å². The number of likely N-dealkylation sites (tertiary alicyclic amines) is 1. The van der Waals surface area contributed by atoms with Crippen LogP contribution >= 0.6 is 0 Å². The number of benzene rings is 1. The maximum atomic E-state index is 12.8. The lowest BCUT2D eigenvalue weighted by Gasteiger charge is -2.41. The van der Waals surface area contributed by atoms with Crippen molar-refractivity contribution in [1.29, 1.82) is 0 Å². The molecule has 6 nitrogen and oxygen atoms in total. The molecule has 2 fully saturated rings. The third-order valence-corrected chi connectivity index (χ3v) is 5.11. The van der Waals surface area contributed by atoms with Gasteiger partial charge in [0.15, 0.2) is 0 Å². The molecule has 1 aromatic carbocycles. The van der Waals surface area contributed by atoms with E-state index >= 15 is 0 Å². The van der Waals surface area contributed by atoms with Crippen LogP contribution in [0.2, 0.25) is 0 Å². The predicted molar refractivity (Wildman–Crippen MR) is 97.0 cm³/mol. The minimum atomic E-state index is -4.42. The summed E-state index contributed by atoms with van der Waals surface area (Å²) in [6, 6.07) is 4.94. The van der Waals surface area contributed by atoms with Crippen LogP contribution < -0.4 is 16.0 Å². The van der Waals surface area contributed by atoms with E-state index in [2.05, 4.69) is 20.9 Å². The Labute approximate surface area is 161 Å². The second kappa shape index (κ2) is 8.48. The highest BCUT2D eigenvalue weighted by atomic mass is 19.4. The number of piperidine rings is 1. The van der Waals surface area contributed by atoms with Crippen LogP contribution in [0.3, 0.4) is 0 Å². The van der Waals surface area contributed by atoms with Gasteiger partial charge in [-0.3, -0.25) is 19.8 Å². The monoisotopic (exact) mass is 398 g/mol. The summed E-state index contributed by atoms with van der Waals surface area (Å²) in [6.07, 6.45) is -2.80. The second-order valence-electron chi connectivity index (χ2n) is 7.49. The molecule has 28 heavy (non-hydrogen) atoms. The molecule has 154 valence electrons. The van der Waals surface area contributed by atoms with Crippen molar-refractivity contribution < 1.29 is 22.8 Å². The van der Waals surface area contributed by atoms with Crippen LogP contribution in [0.4, 0.5) is 13.2 Å². The molecule has 2 heterocycles. The standard InChI is InChI=1S/C19H25F3N4O2/c1-12-9-16(27)25-18(23-12)26-7-5-15(6-8-26)24-17(28)11-13-3-2-4-14(10-13)19(20,21)22/h2-4,10,12,15,18,23H,5-9,11H2,1H3,(H,24,28)(H,25,27). The minimum absolute atomic E-state index is 0.0211. The van der Waals surface area contributed by atoms with Gasteiger partial charge in [-0.2, -0.15) is 13.2 Å². The highest BCUT2D eigenvalue weighted by Crippen LogP contribution is 2.29. The van der Waals surface area contributed by atoms with E-state index in [1.807, 2.05) is 6.92 Å². The molecule has 0 spiro atoms. The topological polar surface area (TPSA) is 73.5 Å². The van der Waals surface area contributed by atoms with Crippen molar-refractivity contribution in [2.45, 2.75) is 57.2 Å². The average molecular weight is 398 g/mol. The fourth-order valence-corrected chi connectivity index (χ4v) is 3.68. The quantitative estimate of drug-likeness (QED) is 0.721. The molecule has 0 aromatic heterocycles. The van der Waals surface area contributed by atoms with E-state index in [-0.39, 0.29) is 36.6 Å². The van der Waals surface area contributed by atoms with Gasteiger partial charge in [-0.1, -0.05) is 18.2 Å². The number of halogens is 3. The normalized spacial score (nSPS) is 24.6. The van der Waals surface area contributed by atoms with Crippen LogP contribution in [0, 0.1) is 0 Å².